The van der Waals surface area contributed by atoms with Gasteiger partial charge in [-0.05, 0) is 42.8 Å². The van der Waals surface area contributed by atoms with Gasteiger partial charge in [0.05, 0.1) is 0 Å². The predicted octanol–water partition coefficient (Wildman–Crippen LogP) is 3.21. The molecule has 8 nitrogen and oxygen atoms in total. The highest BCUT2D eigenvalue weighted by Gasteiger charge is 2.21. The number of aryl methyl sites for hydroxylation is 1. The number of carbonyl (C=O) groups excluding carboxylic acids is 2. The van der Waals surface area contributed by atoms with E-state index in [1.807, 2.05) is 27.7 Å². The van der Waals surface area contributed by atoms with Gasteiger partial charge in [0, 0.05) is 16.8 Å². The Bertz CT molecular complexity index is 1010. The largest absolute Gasteiger partial charge is 0.325 e. The molecule has 1 aromatic carbocycles. The minimum Gasteiger partial charge on any atom is -0.325 e. The van der Waals surface area contributed by atoms with Gasteiger partial charge in [-0.15, -0.1) is 10.2 Å². The number of rotatable bonds is 4. The van der Waals surface area contributed by atoms with E-state index in [2.05, 4.69) is 25.8 Å². The Kier molecular flexibility index (Phi) is 5.21. The van der Waals surface area contributed by atoms with Crippen LogP contribution in [0, 0.1) is 12.3 Å². The maximum Gasteiger partial charge on any atom is 0.274 e. The average molecular weight is 378 g/mol. The number of hydrogen-bond acceptors (Lipinski definition) is 5. The SMILES string of the molecule is Cc1cc(NC(=O)c2cccc(-n3cnnc3)n2)ccc1NC(=O)C(C)(C)C. The van der Waals surface area contributed by atoms with Crippen LogP contribution in [-0.4, -0.2) is 31.6 Å². The number of aromatic nitrogens is 4. The van der Waals surface area contributed by atoms with Crippen molar-refractivity contribution in [2.24, 2.45) is 5.41 Å². The summed E-state index contributed by atoms with van der Waals surface area (Å²) in [5, 5.41) is 13.2. The van der Waals surface area contributed by atoms with Crippen LogP contribution in [0.3, 0.4) is 0 Å². The normalized spacial score (nSPS) is 11.1. The summed E-state index contributed by atoms with van der Waals surface area (Å²) in [5.41, 5.74) is 1.97. The zero-order valence-corrected chi connectivity index (χ0v) is 16.2. The fourth-order valence-electron chi connectivity index (χ4n) is 2.40. The minimum atomic E-state index is -0.485. The van der Waals surface area contributed by atoms with Crippen LogP contribution < -0.4 is 10.6 Å². The molecule has 2 aromatic heterocycles. The first kappa shape index (κ1) is 19.2. The molecule has 0 radical (unpaired) electrons. The quantitative estimate of drug-likeness (QED) is 0.726. The summed E-state index contributed by atoms with van der Waals surface area (Å²) in [7, 11) is 0. The number of nitrogens with zero attached hydrogens (tertiary/aromatic N) is 4. The molecule has 3 aromatic rings. The van der Waals surface area contributed by atoms with Gasteiger partial charge < -0.3 is 10.6 Å². The fourth-order valence-corrected chi connectivity index (χ4v) is 2.40. The lowest BCUT2D eigenvalue weighted by Gasteiger charge is -2.19. The van der Waals surface area contributed by atoms with Crippen LogP contribution in [0.15, 0.2) is 49.1 Å². The van der Waals surface area contributed by atoms with Gasteiger partial charge in [0.15, 0.2) is 0 Å². The first-order chi connectivity index (χ1) is 13.2. The summed E-state index contributed by atoms with van der Waals surface area (Å²) in [6.45, 7) is 7.44. The Morgan fingerprint density at radius 2 is 1.71 bits per heavy atom. The van der Waals surface area contributed by atoms with Crippen LogP contribution in [0.5, 0.6) is 0 Å². The minimum absolute atomic E-state index is 0.0672. The monoisotopic (exact) mass is 378 g/mol. The number of carbonyl (C=O) groups is 2. The standard InChI is InChI=1S/C20H22N6O2/c1-13-10-14(8-9-15(13)25-19(28)20(2,3)4)23-18(27)16-6-5-7-17(24-16)26-11-21-22-12-26/h5-12H,1-4H3,(H,23,27)(H,25,28). The van der Waals surface area contributed by atoms with E-state index in [4.69, 9.17) is 0 Å². The van der Waals surface area contributed by atoms with Crippen molar-refractivity contribution < 1.29 is 9.59 Å². The average Bonchev–Trinajstić information content (AvgIpc) is 3.18. The third-order valence-electron chi connectivity index (χ3n) is 4.06. The molecule has 0 atom stereocenters. The molecule has 0 bridgehead atoms. The fraction of sp³-hybridized carbons (Fsp3) is 0.250. The Morgan fingerprint density at radius 1 is 1.00 bits per heavy atom. The molecule has 3 rings (SSSR count). The van der Waals surface area contributed by atoms with Crippen molar-refractivity contribution in [3.8, 4) is 5.82 Å². The van der Waals surface area contributed by atoms with E-state index >= 15 is 0 Å². The van der Waals surface area contributed by atoms with Gasteiger partial charge in [0.2, 0.25) is 5.91 Å². The van der Waals surface area contributed by atoms with Crippen LogP contribution >= 0.6 is 0 Å². The Morgan fingerprint density at radius 3 is 2.36 bits per heavy atom. The highest BCUT2D eigenvalue weighted by Crippen LogP contribution is 2.23. The molecule has 0 spiro atoms. The number of hydrogen-bond donors (Lipinski definition) is 2. The summed E-state index contributed by atoms with van der Waals surface area (Å²) < 4.78 is 1.62. The molecule has 2 N–H and O–H groups in total. The number of pyridine rings is 1. The van der Waals surface area contributed by atoms with Gasteiger partial charge in [-0.1, -0.05) is 26.8 Å². The highest BCUT2D eigenvalue weighted by atomic mass is 16.2. The first-order valence-corrected chi connectivity index (χ1v) is 8.79. The van der Waals surface area contributed by atoms with Crippen molar-refractivity contribution in [2.45, 2.75) is 27.7 Å². The maximum atomic E-state index is 12.6. The summed E-state index contributed by atoms with van der Waals surface area (Å²) in [5.74, 6) is 0.150. The molecule has 0 saturated heterocycles. The second kappa shape index (κ2) is 7.59. The molecule has 8 heteroatoms. The molecule has 28 heavy (non-hydrogen) atoms. The number of anilines is 2. The van der Waals surface area contributed by atoms with Gasteiger partial charge in [-0.2, -0.15) is 0 Å². The smallest absolute Gasteiger partial charge is 0.274 e. The van der Waals surface area contributed by atoms with Gasteiger partial charge in [-0.25, -0.2) is 4.98 Å². The van der Waals surface area contributed by atoms with Crippen molar-refractivity contribution in [3.63, 3.8) is 0 Å². The van der Waals surface area contributed by atoms with Crippen LogP contribution in [0.1, 0.15) is 36.8 Å². The van der Waals surface area contributed by atoms with Gasteiger partial charge in [-0.3, -0.25) is 14.2 Å². The topological polar surface area (TPSA) is 102 Å². The molecule has 2 heterocycles. The number of amides is 2. The van der Waals surface area contributed by atoms with E-state index in [9.17, 15) is 9.59 Å². The number of nitrogens with one attached hydrogen (secondary N) is 2. The Labute approximate surface area is 163 Å². The predicted molar refractivity (Wildman–Crippen MR) is 106 cm³/mol. The second-order valence-electron chi connectivity index (χ2n) is 7.44. The molecule has 0 unspecified atom stereocenters. The van der Waals surface area contributed by atoms with Gasteiger partial charge >= 0.3 is 0 Å². The van der Waals surface area contributed by atoms with Crippen molar-refractivity contribution in [1.82, 2.24) is 19.7 Å². The van der Waals surface area contributed by atoms with Crippen LogP contribution in [0.2, 0.25) is 0 Å². The van der Waals surface area contributed by atoms with E-state index < -0.39 is 5.41 Å². The Balaban J connectivity index is 1.74. The van der Waals surface area contributed by atoms with Crippen molar-refractivity contribution >= 4 is 23.2 Å². The molecule has 2 amide bonds. The summed E-state index contributed by atoms with van der Waals surface area (Å²) in [6, 6.07) is 10.5. The Hall–Kier alpha value is -3.55. The second-order valence-corrected chi connectivity index (χ2v) is 7.44. The van der Waals surface area contributed by atoms with E-state index in [0.29, 0.717) is 17.2 Å². The van der Waals surface area contributed by atoms with Gasteiger partial charge in [0.1, 0.15) is 24.2 Å². The lowest BCUT2D eigenvalue weighted by Crippen LogP contribution is -2.27. The van der Waals surface area contributed by atoms with Crippen LogP contribution in [0.4, 0.5) is 11.4 Å². The molecular formula is C20H22N6O2. The van der Waals surface area contributed by atoms with Gasteiger partial charge in [0.25, 0.3) is 5.91 Å². The highest BCUT2D eigenvalue weighted by molar-refractivity contribution is 6.03. The van der Waals surface area contributed by atoms with E-state index in [0.717, 1.165) is 5.56 Å². The summed E-state index contributed by atoms with van der Waals surface area (Å²) in [6.07, 6.45) is 3.02. The maximum absolute atomic E-state index is 12.6. The van der Waals surface area contributed by atoms with Crippen LogP contribution in [-0.2, 0) is 4.79 Å². The number of benzene rings is 1. The third-order valence-corrected chi connectivity index (χ3v) is 4.06. The molecule has 0 aliphatic carbocycles. The molecule has 144 valence electrons. The molecule has 0 fully saturated rings. The zero-order chi connectivity index (χ0) is 20.3. The molecular weight excluding hydrogens is 356 g/mol. The summed E-state index contributed by atoms with van der Waals surface area (Å²) >= 11 is 0. The molecule has 0 saturated carbocycles. The zero-order valence-electron chi connectivity index (χ0n) is 16.2. The van der Waals surface area contributed by atoms with E-state index in [1.165, 1.54) is 12.7 Å². The molecule has 0 aliphatic heterocycles. The lowest BCUT2D eigenvalue weighted by atomic mass is 9.95. The van der Waals surface area contributed by atoms with E-state index in [1.54, 1.807) is 41.0 Å². The van der Waals surface area contributed by atoms with Crippen molar-refractivity contribution in [3.05, 3.63) is 60.3 Å². The van der Waals surface area contributed by atoms with Crippen molar-refractivity contribution in [1.29, 1.82) is 0 Å². The molecule has 0 aliphatic rings. The lowest BCUT2D eigenvalue weighted by molar-refractivity contribution is -0.123. The van der Waals surface area contributed by atoms with Crippen molar-refractivity contribution in [2.75, 3.05) is 10.6 Å². The third kappa shape index (κ3) is 4.40. The van der Waals surface area contributed by atoms with Crippen LogP contribution in [0.25, 0.3) is 5.82 Å². The first-order valence-electron chi connectivity index (χ1n) is 8.79. The van der Waals surface area contributed by atoms with E-state index in [-0.39, 0.29) is 17.5 Å². The summed E-state index contributed by atoms with van der Waals surface area (Å²) in [4.78, 5) is 29.1.